The monoisotopic (exact) mass is 197 g/mol. The standard InChI is InChI=1S/C13H11NO/c1-2-4-12-10(3-1)5-6-11-9-14-8-7-13(11)15-12/h1-4,7-9H,5-6H2. The van der Waals surface area contributed by atoms with Crippen LogP contribution in [0.4, 0.5) is 0 Å². The van der Waals surface area contributed by atoms with Gasteiger partial charge >= 0.3 is 0 Å². The summed E-state index contributed by atoms with van der Waals surface area (Å²) in [7, 11) is 0. The third kappa shape index (κ3) is 1.48. The lowest BCUT2D eigenvalue weighted by atomic mass is 10.1. The Kier molecular flexibility index (Phi) is 1.91. The number of benzene rings is 1. The van der Waals surface area contributed by atoms with Gasteiger partial charge in [0.25, 0.3) is 0 Å². The van der Waals surface area contributed by atoms with Crippen LogP contribution in [0.15, 0.2) is 42.7 Å². The van der Waals surface area contributed by atoms with Crippen molar-refractivity contribution in [1.82, 2.24) is 4.98 Å². The van der Waals surface area contributed by atoms with Gasteiger partial charge in [-0.2, -0.15) is 0 Å². The SMILES string of the molecule is c1ccc2c(c1)CCc1cnccc1O2. The molecule has 0 fully saturated rings. The summed E-state index contributed by atoms with van der Waals surface area (Å²) < 4.78 is 5.86. The van der Waals surface area contributed by atoms with Crippen LogP contribution in [0.5, 0.6) is 11.5 Å². The van der Waals surface area contributed by atoms with Crippen molar-refractivity contribution in [3.63, 3.8) is 0 Å². The Balaban J connectivity index is 2.10. The van der Waals surface area contributed by atoms with E-state index < -0.39 is 0 Å². The molecular formula is C13H11NO. The maximum absolute atomic E-state index is 5.86. The van der Waals surface area contributed by atoms with Gasteiger partial charge in [0, 0.05) is 18.0 Å². The molecule has 0 N–H and O–H groups in total. The molecule has 15 heavy (non-hydrogen) atoms. The largest absolute Gasteiger partial charge is 0.457 e. The van der Waals surface area contributed by atoms with E-state index in [0.29, 0.717) is 0 Å². The summed E-state index contributed by atoms with van der Waals surface area (Å²) in [5.41, 5.74) is 2.46. The van der Waals surface area contributed by atoms with E-state index in [-0.39, 0.29) is 0 Å². The van der Waals surface area contributed by atoms with Crippen molar-refractivity contribution in [2.45, 2.75) is 12.8 Å². The second kappa shape index (κ2) is 3.39. The number of fused-ring (bicyclic) bond motifs is 2. The Hall–Kier alpha value is -1.83. The molecule has 0 saturated heterocycles. The fraction of sp³-hybridized carbons (Fsp3) is 0.154. The van der Waals surface area contributed by atoms with Gasteiger partial charge < -0.3 is 4.74 Å². The van der Waals surface area contributed by atoms with Gasteiger partial charge in [0.05, 0.1) is 0 Å². The van der Waals surface area contributed by atoms with Crippen LogP contribution in [0.2, 0.25) is 0 Å². The predicted molar refractivity (Wildman–Crippen MR) is 58.2 cm³/mol. The summed E-state index contributed by atoms with van der Waals surface area (Å²) in [4.78, 5) is 4.12. The molecule has 74 valence electrons. The molecule has 0 radical (unpaired) electrons. The third-order valence-electron chi connectivity index (χ3n) is 2.72. The number of nitrogens with zero attached hydrogens (tertiary/aromatic N) is 1. The Morgan fingerprint density at radius 1 is 0.933 bits per heavy atom. The lowest BCUT2D eigenvalue weighted by Gasteiger charge is -2.07. The van der Waals surface area contributed by atoms with Gasteiger partial charge in [-0.25, -0.2) is 0 Å². The number of pyridine rings is 1. The summed E-state index contributed by atoms with van der Waals surface area (Å²) in [6, 6.07) is 10.1. The van der Waals surface area contributed by atoms with E-state index in [1.54, 1.807) is 6.20 Å². The maximum Gasteiger partial charge on any atom is 0.133 e. The van der Waals surface area contributed by atoms with Gasteiger partial charge in [0.1, 0.15) is 11.5 Å². The first-order chi connectivity index (χ1) is 7.43. The minimum Gasteiger partial charge on any atom is -0.457 e. The molecule has 0 aliphatic carbocycles. The van der Waals surface area contributed by atoms with Gasteiger partial charge in [-0.1, -0.05) is 18.2 Å². The first kappa shape index (κ1) is 8.48. The van der Waals surface area contributed by atoms with Crippen molar-refractivity contribution in [3.8, 4) is 11.5 Å². The van der Waals surface area contributed by atoms with Crippen LogP contribution >= 0.6 is 0 Å². The quantitative estimate of drug-likeness (QED) is 0.647. The van der Waals surface area contributed by atoms with E-state index in [1.807, 2.05) is 24.4 Å². The van der Waals surface area contributed by atoms with Gasteiger partial charge in [-0.15, -0.1) is 0 Å². The second-order valence-corrected chi connectivity index (χ2v) is 3.69. The number of ether oxygens (including phenoxy) is 1. The summed E-state index contributed by atoms with van der Waals surface area (Å²) in [5.74, 6) is 1.91. The lowest BCUT2D eigenvalue weighted by Crippen LogP contribution is -1.88. The highest BCUT2D eigenvalue weighted by atomic mass is 16.5. The average molecular weight is 197 g/mol. The molecule has 0 bridgehead atoms. The summed E-state index contributed by atoms with van der Waals surface area (Å²) in [6.45, 7) is 0. The van der Waals surface area contributed by atoms with E-state index in [0.717, 1.165) is 24.3 Å². The molecule has 0 saturated carbocycles. The summed E-state index contributed by atoms with van der Waals surface area (Å²) in [5, 5.41) is 0. The van der Waals surface area contributed by atoms with E-state index >= 15 is 0 Å². The van der Waals surface area contributed by atoms with Crippen LogP contribution in [-0.4, -0.2) is 4.98 Å². The Morgan fingerprint density at radius 2 is 1.73 bits per heavy atom. The molecule has 0 spiro atoms. The first-order valence-electron chi connectivity index (χ1n) is 5.12. The van der Waals surface area contributed by atoms with Crippen molar-refractivity contribution >= 4 is 0 Å². The predicted octanol–water partition coefficient (Wildman–Crippen LogP) is 2.97. The molecule has 1 aromatic heterocycles. The van der Waals surface area contributed by atoms with E-state index in [9.17, 15) is 0 Å². The average Bonchev–Trinajstić information content (AvgIpc) is 2.48. The van der Waals surface area contributed by atoms with Crippen LogP contribution in [-0.2, 0) is 12.8 Å². The van der Waals surface area contributed by atoms with Crippen LogP contribution < -0.4 is 4.74 Å². The van der Waals surface area contributed by atoms with E-state index in [4.69, 9.17) is 4.74 Å². The topological polar surface area (TPSA) is 22.1 Å². The first-order valence-corrected chi connectivity index (χ1v) is 5.12. The molecule has 0 amide bonds. The minimum atomic E-state index is 0.940. The number of hydrogen-bond acceptors (Lipinski definition) is 2. The van der Waals surface area contributed by atoms with E-state index in [1.165, 1.54) is 11.1 Å². The highest BCUT2D eigenvalue weighted by molar-refractivity contribution is 5.43. The number of aromatic nitrogens is 1. The minimum absolute atomic E-state index is 0.940. The molecule has 3 rings (SSSR count). The number of rotatable bonds is 0. The van der Waals surface area contributed by atoms with Crippen LogP contribution in [0.25, 0.3) is 0 Å². The smallest absolute Gasteiger partial charge is 0.133 e. The summed E-state index contributed by atoms with van der Waals surface area (Å²) >= 11 is 0. The molecular weight excluding hydrogens is 186 g/mol. The molecule has 0 unspecified atom stereocenters. The normalized spacial score (nSPS) is 13.3. The zero-order chi connectivity index (χ0) is 10.1. The maximum atomic E-state index is 5.86. The Morgan fingerprint density at radius 3 is 2.73 bits per heavy atom. The van der Waals surface area contributed by atoms with Gasteiger partial charge in [0.2, 0.25) is 0 Å². The van der Waals surface area contributed by atoms with Crippen molar-refractivity contribution in [3.05, 3.63) is 53.9 Å². The number of hydrogen-bond donors (Lipinski definition) is 0. The second-order valence-electron chi connectivity index (χ2n) is 3.69. The molecule has 1 aliphatic rings. The fourth-order valence-corrected chi connectivity index (χ4v) is 1.90. The number of aryl methyl sites for hydroxylation is 2. The third-order valence-corrected chi connectivity index (χ3v) is 2.72. The van der Waals surface area contributed by atoms with Gasteiger partial charge in [-0.05, 0) is 30.5 Å². The highest BCUT2D eigenvalue weighted by Gasteiger charge is 2.13. The molecule has 1 aliphatic heterocycles. The molecule has 2 nitrogen and oxygen atoms in total. The zero-order valence-corrected chi connectivity index (χ0v) is 8.31. The molecule has 2 aromatic rings. The Bertz CT molecular complexity index is 448. The van der Waals surface area contributed by atoms with Crippen molar-refractivity contribution < 1.29 is 4.74 Å². The van der Waals surface area contributed by atoms with Crippen LogP contribution in [0.1, 0.15) is 11.1 Å². The van der Waals surface area contributed by atoms with Gasteiger partial charge in [0.15, 0.2) is 0 Å². The van der Waals surface area contributed by atoms with E-state index in [2.05, 4.69) is 17.1 Å². The number of para-hydroxylation sites is 1. The summed E-state index contributed by atoms with van der Waals surface area (Å²) in [6.07, 6.45) is 5.68. The lowest BCUT2D eigenvalue weighted by molar-refractivity contribution is 0.478. The van der Waals surface area contributed by atoms with Crippen LogP contribution in [0, 0.1) is 0 Å². The highest BCUT2D eigenvalue weighted by Crippen LogP contribution is 2.32. The molecule has 0 atom stereocenters. The molecule has 2 heteroatoms. The molecule has 1 aromatic carbocycles. The van der Waals surface area contributed by atoms with Crippen LogP contribution in [0.3, 0.4) is 0 Å². The fourth-order valence-electron chi connectivity index (χ4n) is 1.90. The van der Waals surface area contributed by atoms with Crippen molar-refractivity contribution in [1.29, 1.82) is 0 Å². The Labute approximate surface area is 88.5 Å². The van der Waals surface area contributed by atoms with Gasteiger partial charge in [-0.3, -0.25) is 4.98 Å². The zero-order valence-electron chi connectivity index (χ0n) is 8.31. The molecule has 2 heterocycles. The van der Waals surface area contributed by atoms with Crippen molar-refractivity contribution in [2.75, 3.05) is 0 Å². The van der Waals surface area contributed by atoms with Crippen molar-refractivity contribution in [2.24, 2.45) is 0 Å².